The Bertz CT molecular complexity index is 458. The summed E-state index contributed by atoms with van der Waals surface area (Å²) in [6.45, 7) is 9.12. The Hall–Kier alpha value is -1.62. The van der Waals surface area contributed by atoms with Crippen LogP contribution in [0.2, 0.25) is 0 Å². The van der Waals surface area contributed by atoms with Crippen LogP contribution >= 0.6 is 0 Å². The molecule has 1 heterocycles. The van der Waals surface area contributed by atoms with Crippen molar-refractivity contribution in [1.82, 2.24) is 10.3 Å². The van der Waals surface area contributed by atoms with E-state index in [4.69, 9.17) is 4.74 Å². The highest BCUT2D eigenvalue weighted by molar-refractivity contribution is 5.99. The molecule has 0 unspecified atom stereocenters. The maximum absolute atomic E-state index is 12.3. The van der Waals surface area contributed by atoms with Crippen LogP contribution in [0.5, 0.6) is 0 Å². The van der Waals surface area contributed by atoms with E-state index >= 15 is 0 Å². The Labute approximate surface area is 121 Å². The summed E-state index contributed by atoms with van der Waals surface area (Å²) in [7, 11) is 1.63. The molecule has 0 aliphatic carbocycles. The largest absolute Gasteiger partial charge is 0.384 e. The Morgan fingerprint density at radius 3 is 2.75 bits per heavy atom. The van der Waals surface area contributed by atoms with Crippen LogP contribution in [-0.4, -0.2) is 36.7 Å². The normalized spacial score (nSPS) is 11.2. The van der Waals surface area contributed by atoms with Crippen LogP contribution in [-0.2, 0) is 4.74 Å². The van der Waals surface area contributed by atoms with Gasteiger partial charge in [0, 0.05) is 32.1 Å². The maximum Gasteiger partial charge on any atom is 0.255 e. The molecule has 0 saturated carbocycles. The molecule has 0 bridgehead atoms. The average molecular weight is 279 g/mol. The van der Waals surface area contributed by atoms with Crippen LogP contribution in [0.25, 0.3) is 0 Å². The van der Waals surface area contributed by atoms with Gasteiger partial charge in [0.05, 0.1) is 16.9 Å². The summed E-state index contributed by atoms with van der Waals surface area (Å²) in [4.78, 5) is 16.5. The van der Waals surface area contributed by atoms with Crippen LogP contribution in [0.4, 0.5) is 5.69 Å². The van der Waals surface area contributed by atoms with E-state index in [1.807, 2.05) is 26.8 Å². The molecule has 0 atom stereocenters. The Morgan fingerprint density at radius 1 is 1.45 bits per heavy atom. The van der Waals surface area contributed by atoms with Gasteiger partial charge in [0.2, 0.25) is 0 Å². The van der Waals surface area contributed by atoms with Crippen molar-refractivity contribution < 1.29 is 9.53 Å². The molecular formula is C15H25N3O2. The summed E-state index contributed by atoms with van der Waals surface area (Å²) < 4.78 is 5.29. The molecule has 0 aliphatic heterocycles. The lowest BCUT2D eigenvalue weighted by atomic mass is 10.1. The van der Waals surface area contributed by atoms with Gasteiger partial charge >= 0.3 is 0 Å². The minimum Gasteiger partial charge on any atom is -0.384 e. The van der Waals surface area contributed by atoms with E-state index in [1.54, 1.807) is 13.3 Å². The summed E-state index contributed by atoms with van der Waals surface area (Å²) >= 11 is 0. The third-order valence-corrected chi connectivity index (χ3v) is 3.08. The van der Waals surface area contributed by atoms with Crippen LogP contribution in [0.1, 0.15) is 43.2 Å². The summed E-state index contributed by atoms with van der Waals surface area (Å²) in [5.74, 6) is -0.138. The molecule has 0 fully saturated rings. The number of amides is 1. The number of methoxy groups -OCH3 is 1. The molecule has 1 rings (SSSR count). The first-order valence-electron chi connectivity index (χ1n) is 6.93. The van der Waals surface area contributed by atoms with E-state index in [0.29, 0.717) is 12.1 Å². The number of pyridine rings is 1. The van der Waals surface area contributed by atoms with Gasteiger partial charge in [-0.25, -0.2) is 0 Å². The Kier molecular flexibility index (Phi) is 5.95. The molecule has 0 radical (unpaired) electrons. The molecule has 0 aromatic carbocycles. The number of carbonyl (C=O) groups excluding carboxylic acids is 1. The van der Waals surface area contributed by atoms with Crippen molar-refractivity contribution in [3.63, 3.8) is 0 Å². The molecule has 5 heteroatoms. The van der Waals surface area contributed by atoms with Crippen molar-refractivity contribution >= 4 is 11.6 Å². The van der Waals surface area contributed by atoms with Gasteiger partial charge in [-0.2, -0.15) is 0 Å². The van der Waals surface area contributed by atoms with E-state index in [1.165, 1.54) is 0 Å². The zero-order chi connectivity index (χ0) is 15.2. The third kappa shape index (κ3) is 4.81. The SMILES string of the molecule is CCCNc1cc(C)ncc1C(=O)NCC(C)(C)OC. The summed E-state index contributed by atoms with van der Waals surface area (Å²) in [5, 5.41) is 6.15. The van der Waals surface area contributed by atoms with Gasteiger partial charge in [0.25, 0.3) is 5.91 Å². The molecule has 1 aromatic heterocycles. The fraction of sp³-hybridized carbons (Fsp3) is 0.600. The molecule has 0 spiro atoms. The van der Waals surface area contributed by atoms with Crippen molar-refractivity contribution in [2.75, 3.05) is 25.5 Å². The van der Waals surface area contributed by atoms with E-state index in [0.717, 1.165) is 24.3 Å². The molecule has 1 aromatic rings. The second-order valence-electron chi connectivity index (χ2n) is 5.44. The second kappa shape index (κ2) is 7.24. The fourth-order valence-electron chi connectivity index (χ4n) is 1.61. The lowest BCUT2D eigenvalue weighted by molar-refractivity contribution is 0.0229. The lowest BCUT2D eigenvalue weighted by Gasteiger charge is -2.23. The standard InChI is InChI=1S/C15H25N3O2/c1-6-7-16-13-8-11(2)17-9-12(13)14(19)18-10-15(3,4)20-5/h8-9H,6-7,10H2,1-5H3,(H,16,17)(H,18,19). The van der Waals surface area contributed by atoms with Gasteiger partial charge in [-0.05, 0) is 33.3 Å². The number of ether oxygens (including phenoxy) is 1. The predicted molar refractivity (Wildman–Crippen MR) is 81.2 cm³/mol. The number of aryl methyl sites for hydroxylation is 1. The summed E-state index contributed by atoms with van der Waals surface area (Å²) in [5.41, 5.74) is 1.89. The van der Waals surface area contributed by atoms with E-state index in [-0.39, 0.29) is 11.5 Å². The Balaban J connectivity index is 2.81. The summed E-state index contributed by atoms with van der Waals surface area (Å²) in [6, 6.07) is 1.89. The van der Waals surface area contributed by atoms with Gasteiger partial charge in [0.15, 0.2) is 0 Å². The predicted octanol–water partition coefficient (Wildman–Crippen LogP) is 2.37. The van der Waals surface area contributed by atoms with Crippen LogP contribution in [0, 0.1) is 6.92 Å². The van der Waals surface area contributed by atoms with Crippen molar-refractivity contribution in [2.45, 2.75) is 39.7 Å². The van der Waals surface area contributed by atoms with Crippen molar-refractivity contribution in [3.8, 4) is 0 Å². The molecule has 0 aliphatic rings. The first-order chi connectivity index (χ1) is 9.39. The number of rotatable bonds is 7. The number of aromatic nitrogens is 1. The Morgan fingerprint density at radius 2 is 2.15 bits per heavy atom. The molecule has 0 saturated heterocycles. The van der Waals surface area contributed by atoms with Crippen LogP contribution in [0.3, 0.4) is 0 Å². The quantitative estimate of drug-likeness (QED) is 0.804. The van der Waals surface area contributed by atoms with Crippen LogP contribution < -0.4 is 10.6 Å². The smallest absolute Gasteiger partial charge is 0.255 e. The number of hydrogen-bond acceptors (Lipinski definition) is 4. The fourth-order valence-corrected chi connectivity index (χ4v) is 1.61. The monoisotopic (exact) mass is 279 g/mol. The maximum atomic E-state index is 12.3. The third-order valence-electron chi connectivity index (χ3n) is 3.08. The van der Waals surface area contributed by atoms with Crippen molar-refractivity contribution in [3.05, 3.63) is 23.5 Å². The molecule has 2 N–H and O–H groups in total. The highest BCUT2D eigenvalue weighted by Gasteiger charge is 2.19. The van der Waals surface area contributed by atoms with Gasteiger partial charge < -0.3 is 15.4 Å². The minimum atomic E-state index is -0.384. The first kappa shape index (κ1) is 16.4. The highest BCUT2D eigenvalue weighted by Crippen LogP contribution is 2.16. The lowest BCUT2D eigenvalue weighted by Crippen LogP contribution is -2.40. The second-order valence-corrected chi connectivity index (χ2v) is 5.44. The van der Waals surface area contributed by atoms with Gasteiger partial charge in [0.1, 0.15) is 0 Å². The van der Waals surface area contributed by atoms with Gasteiger partial charge in [-0.1, -0.05) is 6.92 Å². The molecule has 20 heavy (non-hydrogen) atoms. The molecule has 1 amide bonds. The van der Waals surface area contributed by atoms with E-state index in [9.17, 15) is 4.79 Å². The number of carbonyl (C=O) groups is 1. The van der Waals surface area contributed by atoms with E-state index < -0.39 is 0 Å². The topological polar surface area (TPSA) is 63.2 Å². The van der Waals surface area contributed by atoms with Crippen LogP contribution in [0.15, 0.2) is 12.3 Å². The molecular weight excluding hydrogens is 254 g/mol. The zero-order valence-electron chi connectivity index (χ0n) is 13.0. The number of anilines is 1. The highest BCUT2D eigenvalue weighted by atomic mass is 16.5. The number of nitrogens with zero attached hydrogens (tertiary/aromatic N) is 1. The van der Waals surface area contributed by atoms with E-state index in [2.05, 4.69) is 22.5 Å². The van der Waals surface area contributed by atoms with Gasteiger partial charge in [-0.15, -0.1) is 0 Å². The number of hydrogen-bond donors (Lipinski definition) is 2. The zero-order valence-corrected chi connectivity index (χ0v) is 13.0. The minimum absolute atomic E-state index is 0.138. The molecule has 112 valence electrons. The van der Waals surface area contributed by atoms with Gasteiger partial charge in [-0.3, -0.25) is 9.78 Å². The average Bonchev–Trinajstić information content (AvgIpc) is 2.42. The molecule has 5 nitrogen and oxygen atoms in total. The number of nitrogens with one attached hydrogen (secondary N) is 2. The first-order valence-corrected chi connectivity index (χ1v) is 6.93. The summed E-state index contributed by atoms with van der Waals surface area (Å²) in [6.07, 6.45) is 2.61. The van der Waals surface area contributed by atoms with Crippen molar-refractivity contribution in [2.24, 2.45) is 0 Å². The van der Waals surface area contributed by atoms with Crippen molar-refractivity contribution in [1.29, 1.82) is 0 Å².